The van der Waals surface area contributed by atoms with Gasteiger partial charge in [-0.3, -0.25) is 4.79 Å². The van der Waals surface area contributed by atoms with E-state index in [1.54, 1.807) is 12.3 Å². The van der Waals surface area contributed by atoms with Crippen molar-refractivity contribution in [1.29, 1.82) is 0 Å². The van der Waals surface area contributed by atoms with Crippen molar-refractivity contribution in [3.63, 3.8) is 0 Å². The molecule has 1 unspecified atom stereocenters. The maximum atomic E-state index is 11.9. The normalized spacial score (nSPS) is 19.5. The van der Waals surface area contributed by atoms with E-state index >= 15 is 0 Å². The first-order valence-electron chi connectivity index (χ1n) is 9.81. The number of nitrogens with zero attached hydrogens (tertiary/aromatic N) is 1. The molecular formula is C22H25N3O3. The highest BCUT2D eigenvalue weighted by molar-refractivity contribution is 5.90. The minimum absolute atomic E-state index is 0.319. The zero-order valence-electron chi connectivity index (χ0n) is 15.8. The zero-order chi connectivity index (χ0) is 19.2. The predicted molar refractivity (Wildman–Crippen MR) is 107 cm³/mol. The standard InChI is InChI=1S/C22H25N3O3/c26-21(25-28-22-7-3-4-12-27-22)11-9-16-8-10-20(23-15-16)24-19-13-17-5-1-2-6-18(17)14-19/h1-2,5-6,8-11,15,19,22H,3-4,7,12-14H2,(H,23,24)(H,25,26)/b11-9+. The molecule has 2 N–H and O–H groups in total. The van der Waals surface area contributed by atoms with Crippen LogP contribution in [0.3, 0.4) is 0 Å². The van der Waals surface area contributed by atoms with E-state index in [0.29, 0.717) is 12.6 Å². The van der Waals surface area contributed by atoms with Gasteiger partial charge in [-0.2, -0.15) is 0 Å². The van der Waals surface area contributed by atoms with Crippen molar-refractivity contribution >= 4 is 17.8 Å². The number of ether oxygens (including phenoxy) is 1. The van der Waals surface area contributed by atoms with Crippen LogP contribution >= 0.6 is 0 Å². The van der Waals surface area contributed by atoms with E-state index < -0.39 is 0 Å². The molecule has 0 saturated carbocycles. The number of carbonyl (C=O) groups excluding carboxylic acids is 1. The molecule has 2 aromatic rings. The third-order valence-electron chi connectivity index (χ3n) is 5.05. The average molecular weight is 379 g/mol. The van der Waals surface area contributed by atoms with E-state index in [0.717, 1.165) is 43.5 Å². The number of pyridine rings is 1. The molecule has 1 aliphatic carbocycles. The quantitative estimate of drug-likeness (QED) is 0.595. The number of aromatic nitrogens is 1. The van der Waals surface area contributed by atoms with Gasteiger partial charge in [0.25, 0.3) is 5.91 Å². The number of carbonyl (C=O) groups is 1. The van der Waals surface area contributed by atoms with Crippen molar-refractivity contribution < 1.29 is 14.4 Å². The molecule has 1 aromatic carbocycles. The fourth-order valence-electron chi connectivity index (χ4n) is 3.59. The Bertz CT molecular complexity index is 804. The fourth-order valence-corrected chi connectivity index (χ4v) is 3.59. The molecule has 1 amide bonds. The van der Waals surface area contributed by atoms with Gasteiger partial charge in [-0.15, -0.1) is 0 Å². The van der Waals surface area contributed by atoms with Crippen molar-refractivity contribution in [2.75, 3.05) is 11.9 Å². The summed E-state index contributed by atoms with van der Waals surface area (Å²) in [6.07, 6.45) is 9.47. The highest BCUT2D eigenvalue weighted by atomic mass is 16.8. The second-order valence-corrected chi connectivity index (χ2v) is 7.21. The summed E-state index contributed by atoms with van der Waals surface area (Å²) in [5.41, 5.74) is 6.08. The number of anilines is 1. The monoisotopic (exact) mass is 379 g/mol. The van der Waals surface area contributed by atoms with Gasteiger partial charge in [-0.1, -0.05) is 24.3 Å². The Morgan fingerprint density at radius 3 is 2.64 bits per heavy atom. The molecule has 1 aliphatic heterocycles. The third-order valence-corrected chi connectivity index (χ3v) is 5.05. The maximum absolute atomic E-state index is 11.9. The van der Waals surface area contributed by atoms with Crippen LogP contribution in [0.15, 0.2) is 48.7 Å². The number of hydrogen-bond acceptors (Lipinski definition) is 5. The van der Waals surface area contributed by atoms with Gasteiger partial charge < -0.3 is 10.1 Å². The molecule has 2 aliphatic rings. The summed E-state index contributed by atoms with van der Waals surface area (Å²) in [5.74, 6) is 0.525. The Morgan fingerprint density at radius 1 is 1.14 bits per heavy atom. The summed E-state index contributed by atoms with van der Waals surface area (Å²) in [6.45, 7) is 0.676. The average Bonchev–Trinajstić information content (AvgIpc) is 3.15. The van der Waals surface area contributed by atoms with Crippen LogP contribution in [0.5, 0.6) is 0 Å². The van der Waals surface area contributed by atoms with E-state index in [-0.39, 0.29) is 12.2 Å². The van der Waals surface area contributed by atoms with Crippen LogP contribution in [-0.2, 0) is 27.2 Å². The zero-order valence-corrected chi connectivity index (χ0v) is 15.8. The van der Waals surface area contributed by atoms with Gasteiger partial charge in [0, 0.05) is 31.3 Å². The molecule has 1 saturated heterocycles. The van der Waals surface area contributed by atoms with E-state index in [1.807, 2.05) is 12.1 Å². The molecule has 2 heterocycles. The third kappa shape index (κ3) is 4.97. The number of hydrogen-bond donors (Lipinski definition) is 2. The first-order valence-corrected chi connectivity index (χ1v) is 9.81. The van der Waals surface area contributed by atoms with Gasteiger partial charge in [0.05, 0.1) is 0 Å². The van der Waals surface area contributed by atoms with Gasteiger partial charge in [-0.05, 0) is 60.6 Å². The Morgan fingerprint density at radius 2 is 1.96 bits per heavy atom. The van der Waals surface area contributed by atoms with Crippen molar-refractivity contribution in [3.8, 4) is 0 Å². The predicted octanol–water partition coefficient (Wildman–Crippen LogP) is 3.25. The largest absolute Gasteiger partial charge is 0.367 e. The molecule has 1 fully saturated rings. The number of nitrogens with one attached hydrogen (secondary N) is 2. The lowest BCUT2D eigenvalue weighted by Crippen LogP contribution is -2.32. The van der Waals surface area contributed by atoms with Crippen LogP contribution < -0.4 is 10.8 Å². The summed E-state index contributed by atoms with van der Waals surface area (Å²) in [6, 6.07) is 12.8. The summed E-state index contributed by atoms with van der Waals surface area (Å²) in [5, 5.41) is 3.49. The topological polar surface area (TPSA) is 72.5 Å². The Labute approximate surface area is 164 Å². The lowest BCUT2D eigenvalue weighted by Gasteiger charge is -2.21. The molecule has 0 radical (unpaired) electrons. The molecule has 6 nitrogen and oxygen atoms in total. The lowest BCUT2D eigenvalue weighted by atomic mass is 10.1. The summed E-state index contributed by atoms with van der Waals surface area (Å²) >= 11 is 0. The van der Waals surface area contributed by atoms with E-state index in [9.17, 15) is 4.79 Å². The molecule has 1 aromatic heterocycles. The second-order valence-electron chi connectivity index (χ2n) is 7.21. The highest BCUT2D eigenvalue weighted by Crippen LogP contribution is 2.24. The van der Waals surface area contributed by atoms with Gasteiger partial charge in [0.1, 0.15) is 5.82 Å². The minimum Gasteiger partial charge on any atom is -0.367 e. The number of hydroxylamine groups is 1. The first-order chi connectivity index (χ1) is 13.8. The van der Waals surface area contributed by atoms with Gasteiger partial charge in [0.2, 0.25) is 0 Å². The van der Waals surface area contributed by atoms with E-state index in [2.05, 4.69) is 40.0 Å². The maximum Gasteiger partial charge on any atom is 0.267 e. The minimum atomic E-state index is -0.347. The van der Waals surface area contributed by atoms with Gasteiger partial charge >= 0.3 is 0 Å². The SMILES string of the molecule is O=C(/C=C/c1ccc(NC2Cc3ccccc3C2)nc1)NOC1CCCCO1. The Kier molecular flexibility index (Phi) is 5.99. The summed E-state index contributed by atoms with van der Waals surface area (Å²) < 4.78 is 5.40. The molecule has 6 heteroatoms. The van der Waals surface area contributed by atoms with E-state index in [1.165, 1.54) is 17.2 Å². The Balaban J connectivity index is 1.24. The van der Waals surface area contributed by atoms with Gasteiger partial charge in [-0.25, -0.2) is 15.3 Å². The number of benzene rings is 1. The first kappa shape index (κ1) is 18.7. The lowest BCUT2D eigenvalue weighted by molar-refractivity contribution is -0.198. The summed E-state index contributed by atoms with van der Waals surface area (Å²) in [7, 11) is 0. The molecule has 28 heavy (non-hydrogen) atoms. The highest BCUT2D eigenvalue weighted by Gasteiger charge is 2.20. The van der Waals surface area contributed by atoms with Crippen LogP contribution in [0.4, 0.5) is 5.82 Å². The number of amides is 1. The molecule has 146 valence electrons. The number of fused-ring (bicyclic) bond motifs is 1. The molecule has 0 spiro atoms. The van der Waals surface area contributed by atoms with Crippen LogP contribution in [0.25, 0.3) is 6.08 Å². The van der Waals surface area contributed by atoms with Crippen molar-refractivity contribution in [2.24, 2.45) is 0 Å². The van der Waals surface area contributed by atoms with Crippen molar-refractivity contribution in [1.82, 2.24) is 10.5 Å². The smallest absolute Gasteiger partial charge is 0.267 e. The van der Waals surface area contributed by atoms with E-state index in [4.69, 9.17) is 9.57 Å². The summed E-state index contributed by atoms with van der Waals surface area (Å²) in [4.78, 5) is 21.6. The van der Waals surface area contributed by atoms with Crippen LogP contribution in [0.2, 0.25) is 0 Å². The van der Waals surface area contributed by atoms with Gasteiger partial charge in [0.15, 0.2) is 6.29 Å². The second kappa shape index (κ2) is 8.99. The van der Waals surface area contributed by atoms with Crippen molar-refractivity contribution in [3.05, 3.63) is 65.4 Å². The Hall–Kier alpha value is -2.70. The molecule has 4 rings (SSSR count). The fraction of sp³-hybridized carbons (Fsp3) is 0.364. The number of rotatable bonds is 6. The molecule has 1 atom stereocenters. The van der Waals surface area contributed by atoms with Crippen LogP contribution in [0, 0.1) is 0 Å². The van der Waals surface area contributed by atoms with Crippen LogP contribution in [0.1, 0.15) is 36.0 Å². The van der Waals surface area contributed by atoms with Crippen LogP contribution in [-0.4, -0.2) is 29.8 Å². The van der Waals surface area contributed by atoms with Crippen molar-refractivity contribution in [2.45, 2.75) is 44.4 Å². The molecular weight excluding hydrogens is 354 g/mol. The molecule has 0 bridgehead atoms.